The van der Waals surface area contributed by atoms with Gasteiger partial charge in [0.25, 0.3) is 0 Å². The molecule has 3 saturated carbocycles. The third-order valence-electron chi connectivity index (χ3n) is 9.32. The van der Waals surface area contributed by atoms with Gasteiger partial charge in [-0.15, -0.1) is 0 Å². The topological polar surface area (TPSA) is 108 Å². The molecule has 184 valence electrons. The quantitative estimate of drug-likeness (QED) is 0.502. The molecule has 0 aromatic carbocycles. The van der Waals surface area contributed by atoms with Crippen molar-refractivity contribution in [2.45, 2.75) is 90.8 Å². The van der Waals surface area contributed by atoms with Crippen LogP contribution in [0.2, 0.25) is 0 Å². The minimum absolute atomic E-state index is 0.0354. The molecule has 0 spiro atoms. The number of carbonyl (C=O) groups is 3. The van der Waals surface area contributed by atoms with Crippen LogP contribution in [-0.4, -0.2) is 53.7 Å². The summed E-state index contributed by atoms with van der Waals surface area (Å²) in [7, 11) is 1.52. The second kappa shape index (κ2) is 7.54. The highest BCUT2D eigenvalue weighted by atomic mass is 16.7. The summed E-state index contributed by atoms with van der Waals surface area (Å²) in [6.45, 7) is 10.6. The van der Waals surface area contributed by atoms with Crippen molar-refractivity contribution in [1.29, 1.82) is 0 Å². The zero-order chi connectivity index (χ0) is 24.6. The Bertz CT molecular complexity index is 908. The van der Waals surface area contributed by atoms with Crippen molar-refractivity contribution < 1.29 is 38.4 Å². The van der Waals surface area contributed by atoms with Gasteiger partial charge < -0.3 is 24.1 Å². The largest absolute Gasteiger partial charge is 0.459 e. The molecule has 3 fully saturated rings. The normalized spacial score (nSPS) is 45.6. The second-order valence-electron chi connectivity index (χ2n) is 11.2. The third kappa shape index (κ3) is 3.20. The molecule has 33 heavy (non-hydrogen) atoms. The van der Waals surface area contributed by atoms with Crippen molar-refractivity contribution in [1.82, 2.24) is 0 Å². The number of ether oxygens (including phenoxy) is 4. The van der Waals surface area contributed by atoms with E-state index < -0.39 is 52.3 Å². The van der Waals surface area contributed by atoms with E-state index in [1.165, 1.54) is 27.0 Å². The van der Waals surface area contributed by atoms with Crippen LogP contribution in [-0.2, 0) is 33.3 Å². The number of hydrogen-bond donors (Lipinski definition) is 1. The van der Waals surface area contributed by atoms with Gasteiger partial charge in [-0.1, -0.05) is 27.7 Å². The van der Waals surface area contributed by atoms with Crippen molar-refractivity contribution in [2.24, 2.45) is 28.6 Å². The van der Waals surface area contributed by atoms with Gasteiger partial charge in [0.15, 0.2) is 0 Å². The van der Waals surface area contributed by atoms with Crippen LogP contribution in [0.1, 0.15) is 67.2 Å². The summed E-state index contributed by atoms with van der Waals surface area (Å²) in [5.41, 5.74) is -2.00. The Balaban J connectivity index is 1.89. The van der Waals surface area contributed by atoms with E-state index in [9.17, 15) is 19.5 Å². The van der Waals surface area contributed by atoms with Crippen LogP contribution in [0.3, 0.4) is 0 Å². The monoisotopic (exact) mass is 464 g/mol. The highest BCUT2D eigenvalue weighted by Crippen LogP contribution is 2.69. The molecule has 0 amide bonds. The maximum atomic E-state index is 12.4. The van der Waals surface area contributed by atoms with E-state index >= 15 is 0 Å². The van der Waals surface area contributed by atoms with E-state index in [4.69, 9.17) is 18.9 Å². The predicted octanol–water partition coefficient (Wildman–Crippen LogP) is 2.91. The Morgan fingerprint density at radius 1 is 1.12 bits per heavy atom. The minimum atomic E-state index is -1.21. The Kier molecular flexibility index (Phi) is 5.53. The summed E-state index contributed by atoms with van der Waals surface area (Å²) in [6, 6.07) is 0. The van der Waals surface area contributed by atoms with Gasteiger partial charge in [0.05, 0.1) is 5.60 Å². The van der Waals surface area contributed by atoms with Gasteiger partial charge in [0, 0.05) is 44.4 Å². The van der Waals surface area contributed by atoms with Gasteiger partial charge >= 0.3 is 17.9 Å². The van der Waals surface area contributed by atoms with E-state index in [-0.39, 0.29) is 17.8 Å². The van der Waals surface area contributed by atoms with Crippen LogP contribution in [0, 0.1) is 28.6 Å². The summed E-state index contributed by atoms with van der Waals surface area (Å²) in [5.74, 6) is -2.77. The molecule has 0 saturated heterocycles. The number of esters is 3. The van der Waals surface area contributed by atoms with E-state index in [1.807, 2.05) is 20.8 Å². The molecule has 0 aromatic rings. The number of hydrogen-bond acceptors (Lipinski definition) is 8. The first-order valence-corrected chi connectivity index (χ1v) is 11.8. The Morgan fingerprint density at radius 3 is 2.33 bits per heavy atom. The first kappa shape index (κ1) is 24.2. The van der Waals surface area contributed by atoms with Crippen LogP contribution in [0.4, 0.5) is 0 Å². The molecule has 1 heterocycles. The predicted molar refractivity (Wildman–Crippen MR) is 116 cm³/mol. The van der Waals surface area contributed by atoms with E-state index in [1.54, 1.807) is 0 Å². The number of fused-ring (bicyclic) bond motifs is 4. The lowest BCUT2D eigenvalue weighted by Crippen LogP contribution is -2.75. The number of methoxy groups -OCH3 is 1. The minimum Gasteiger partial charge on any atom is -0.459 e. The molecule has 0 aromatic heterocycles. The van der Waals surface area contributed by atoms with Crippen molar-refractivity contribution in [2.75, 3.05) is 7.11 Å². The van der Waals surface area contributed by atoms with Crippen molar-refractivity contribution in [3.63, 3.8) is 0 Å². The van der Waals surface area contributed by atoms with Crippen LogP contribution in [0.5, 0.6) is 0 Å². The van der Waals surface area contributed by atoms with Crippen LogP contribution in [0.15, 0.2) is 11.6 Å². The van der Waals surface area contributed by atoms with Crippen LogP contribution in [0.25, 0.3) is 0 Å². The molecule has 8 nitrogen and oxygen atoms in total. The van der Waals surface area contributed by atoms with Crippen molar-refractivity contribution >= 4 is 17.9 Å². The fraction of sp³-hybridized carbons (Fsp3) is 0.800. The highest BCUT2D eigenvalue weighted by Gasteiger charge is 2.74. The van der Waals surface area contributed by atoms with E-state index in [2.05, 4.69) is 6.92 Å². The number of carbonyl (C=O) groups excluding carboxylic acids is 3. The molecule has 0 bridgehead atoms. The fourth-order valence-corrected chi connectivity index (χ4v) is 7.82. The van der Waals surface area contributed by atoms with Gasteiger partial charge in [0.1, 0.15) is 12.2 Å². The van der Waals surface area contributed by atoms with E-state index in [0.29, 0.717) is 19.3 Å². The molecule has 4 aliphatic rings. The molecule has 4 rings (SSSR count). The molecule has 1 N–H and O–H groups in total. The molecule has 1 aliphatic heterocycles. The maximum Gasteiger partial charge on any atom is 0.333 e. The molecule has 8 atom stereocenters. The van der Waals surface area contributed by atoms with Gasteiger partial charge in [-0.25, -0.2) is 4.79 Å². The van der Waals surface area contributed by atoms with E-state index in [0.717, 1.165) is 12.0 Å². The lowest BCUT2D eigenvalue weighted by molar-refractivity contribution is -0.319. The van der Waals surface area contributed by atoms with Crippen molar-refractivity contribution in [3.05, 3.63) is 11.6 Å². The van der Waals surface area contributed by atoms with Gasteiger partial charge in [-0.05, 0) is 42.4 Å². The number of aliphatic hydroxyl groups is 1. The molecule has 8 unspecified atom stereocenters. The number of rotatable bonds is 3. The third-order valence-corrected chi connectivity index (χ3v) is 9.32. The summed E-state index contributed by atoms with van der Waals surface area (Å²) < 4.78 is 23.1. The maximum absolute atomic E-state index is 12.4. The molecule has 8 heteroatoms. The lowest BCUT2D eigenvalue weighted by atomic mass is 9.39. The summed E-state index contributed by atoms with van der Waals surface area (Å²) in [4.78, 5) is 36.5. The van der Waals surface area contributed by atoms with Crippen LogP contribution < -0.4 is 0 Å². The Hall–Kier alpha value is -1.93. The van der Waals surface area contributed by atoms with Gasteiger partial charge in [-0.2, -0.15) is 0 Å². The highest BCUT2D eigenvalue weighted by molar-refractivity contribution is 5.86. The van der Waals surface area contributed by atoms with Crippen molar-refractivity contribution in [3.8, 4) is 0 Å². The zero-order valence-corrected chi connectivity index (χ0v) is 20.6. The smallest absolute Gasteiger partial charge is 0.333 e. The summed E-state index contributed by atoms with van der Waals surface area (Å²) in [5, 5.41) is 12.4. The average molecular weight is 465 g/mol. The van der Waals surface area contributed by atoms with Gasteiger partial charge in [-0.3, -0.25) is 9.59 Å². The summed E-state index contributed by atoms with van der Waals surface area (Å²) in [6.07, 6.45) is 1.92. The lowest BCUT2D eigenvalue weighted by Gasteiger charge is -2.69. The second-order valence-corrected chi connectivity index (χ2v) is 11.2. The Labute approximate surface area is 195 Å². The fourth-order valence-electron chi connectivity index (χ4n) is 7.82. The first-order valence-electron chi connectivity index (χ1n) is 11.8. The molecule has 3 aliphatic carbocycles. The molecule has 0 radical (unpaired) electrons. The molecular weight excluding hydrogens is 428 g/mol. The Morgan fingerprint density at radius 2 is 1.76 bits per heavy atom. The zero-order valence-electron chi connectivity index (χ0n) is 20.6. The van der Waals surface area contributed by atoms with Gasteiger partial charge in [0.2, 0.25) is 5.79 Å². The first-order chi connectivity index (χ1) is 15.2. The standard InChI is InChI=1S/C25H36O8/c1-13-16-8-9-25(29)22(4,5)12-19(31-14(2)26)21(32-15(3)27)23(25,6)18(16)11-24(30-7)17(13)10-20(28)33-24/h10,13,16,18-19,21,29H,8-9,11-12H2,1-7H3. The SMILES string of the molecule is COC12CC3C(CCC4(O)C(C)(C)CC(OC(C)=O)C(OC(C)=O)C34C)C(C)C1=CC(=O)O2. The van der Waals surface area contributed by atoms with Crippen LogP contribution >= 0.6 is 0 Å². The average Bonchev–Trinajstić information content (AvgIpc) is 3.04. The summed E-state index contributed by atoms with van der Waals surface area (Å²) >= 11 is 0. The molecular formula is C25H36O8.